The molecule has 0 spiro atoms. The fraction of sp³-hybridized carbons (Fsp3) is 0.538. The number of rotatable bonds is 11. The average Bonchev–Trinajstić information content (AvgIpc) is 3.48. The quantitative estimate of drug-likeness (QED) is 0.277. The van der Waals surface area contributed by atoms with Crippen LogP contribution in [-0.2, 0) is 11.2 Å². The summed E-state index contributed by atoms with van der Waals surface area (Å²) in [5.41, 5.74) is 1.21. The number of aliphatic hydroxyl groups excluding tert-OH is 1. The van der Waals surface area contributed by atoms with Gasteiger partial charge in [-0.05, 0) is 61.8 Å². The van der Waals surface area contributed by atoms with E-state index in [-0.39, 0.29) is 11.6 Å². The van der Waals surface area contributed by atoms with Gasteiger partial charge in [-0.3, -0.25) is 0 Å². The van der Waals surface area contributed by atoms with Gasteiger partial charge in [-0.25, -0.2) is 0 Å². The lowest BCUT2D eigenvalue weighted by Gasteiger charge is -2.29. The second kappa shape index (κ2) is 10.6. The highest BCUT2D eigenvalue weighted by Crippen LogP contribution is 2.45. The van der Waals surface area contributed by atoms with Crippen molar-refractivity contribution in [3.63, 3.8) is 0 Å². The van der Waals surface area contributed by atoms with E-state index in [9.17, 15) is 5.11 Å². The summed E-state index contributed by atoms with van der Waals surface area (Å²) in [6.07, 6.45) is 6.64. The lowest BCUT2D eigenvalue weighted by atomic mass is 9.93. The summed E-state index contributed by atoms with van der Waals surface area (Å²) in [5.74, 6) is 0.649. The summed E-state index contributed by atoms with van der Waals surface area (Å²) in [4.78, 5) is 1.40. The zero-order valence-corrected chi connectivity index (χ0v) is 21.5. The zero-order chi connectivity index (χ0) is 21.8. The molecule has 5 heteroatoms. The molecule has 3 atom stereocenters. The van der Waals surface area contributed by atoms with Gasteiger partial charge in [0.2, 0.25) is 0 Å². The molecular weight excluding hydrogens is 517 g/mol. The molecule has 1 fully saturated rings. The summed E-state index contributed by atoms with van der Waals surface area (Å²) in [6.45, 7) is 5.34. The van der Waals surface area contributed by atoms with Gasteiger partial charge in [-0.15, -0.1) is 11.8 Å². The van der Waals surface area contributed by atoms with Crippen LogP contribution in [0.15, 0.2) is 53.4 Å². The van der Waals surface area contributed by atoms with Crippen molar-refractivity contribution in [2.24, 2.45) is 5.92 Å². The van der Waals surface area contributed by atoms with Gasteiger partial charge in [-0.2, -0.15) is 0 Å². The molecule has 4 rings (SSSR count). The van der Waals surface area contributed by atoms with E-state index in [1.165, 1.54) is 38.5 Å². The summed E-state index contributed by atoms with van der Waals surface area (Å²) in [5, 5.41) is 17.4. The molecule has 1 saturated carbocycles. The van der Waals surface area contributed by atoms with E-state index in [0.717, 1.165) is 12.8 Å². The second-order valence-electron chi connectivity index (χ2n) is 9.60. The van der Waals surface area contributed by atoms with E-state index in [1.807, 2.05) is 11.8 Å². The maximum atomic E-state index is 10.6. The first-order valence-corrected chi connectivity index (χ1v) is 13.8. The number of hydrogen-bond acceptors (Lipinski definition) is 4. The van der Waals surface area contributed by atoms with Crippen molar-refractivity contribution in [2.45, 2.75) is 62.5 Å². The molecule has 0 bridgehead atoms. The number of hydrogen-bond donors (Lipinski definition) is 2. The van der Waals surface area contributed by atoms with Crippen molar-refractivity contribution < 1.29 is 9.84 Å². The summed E-state index contributed by atoms with van der Waals surface area (Å²) in [7, 11) is 0. The van der Waals surface area contributed by atoms with Crippen molar-refractivity contribution in [2.75, 3.05) is 17.6 Å². The number of ether oxygens (including phenoxy) is 1. The molecule has 2 unspecified atom stereocenters. The van der Waals surface area contributed by atoms with Gasteiger partial charge in [0.05, 0.1) is 18.8 Å². The van der Waals surface area contributed by atoms with Gasteiger partial charge >= 0.3 is 0 Å². The van der Waals surface area contributed by atoms with Gasteiger partial charge in [0.15, 0.2) is 0 Å². The lowest BCUT2D eigenvalue weighted by Crippen LogP contribution is -2.46. The van der Waals surface area contributed by atoms with Crippen LogP contribution >= 0.6 is 34.4 Å². The van der Waals surface area contributed by atoms with Gasteiger partial charge < -0.3 is 15.2 Å². The number of β-amino-alcohol motifs (C(OH)–C–C–N with tert-alkyl or cyclic N) is 1. The molecule has 0 saturated heterocycles. The Labute approximate surface area is 204 Å². The molecule has 0 amide bonds. The predicted molar refractivity (Wildman–Crippen MR) is 141 cm³/mol. The van der Waals surface area contributed by atoms with Gasteiger partial charge in [0.25, 0.3) is 0 Å². The van der Waals surface area contributed by atoms with Crippen molar-refractivity contribution in [1.82, 2.24) is 5.32 Å². The Kier molecular flexibility index (Phi) is 8.02. The second-order valence-corrected chi connectivity index (χ2v) is 11.9. The zero-order valence-electron chi connectivity index (χ0n) is 18.5. The molecule has 168 valence electrons. The van der Waals surface area contributed by atoms with Crippen LogP contribution in [-0.4, -0.2) is 45.7 Å². The fourth-order valence-electron chi connectivity index (χ4n) is 4.25. The first-order chi connectivity index (χ1) is 14.9. The molecule has 2 aromatic rings. The van der Waals surface area contributed by atoms with Crippen LogP contribution in [0.5, 0.6) is 0 Å². The van der Waals surface area contributed by atoms with Gasteiger partial charge in [-0.1, -0.05) is 71.1 Å². The minimum absolute atomic E-state index is 0.101. The van der Waals surface area contributed by atoms with Crippen LogP contribution in [0.4, 0.5) is 0 Å². The van der Waals surface area contributed by atoms with Crippen molar-refractivity contribution >= 4 is 45.1 Å². The number of aliphatic hydroxyl groups is 1. The number of benzene rings is 2. The maximum Gasteiger partial charge on any atom is 0.0909 e. The van der Waals surface area contributed by atoms with E-state index >= 15 is 0 Å². The number of halogens is 1. The largest absolute Gasteiger partial charge is 0.389 e. The smallest absolute Gasteiger partial charge is 0.0909 e. The minimum atomic E-state index is -0.496. The monoisotopic (exact) mass is 551 g/mol. The Morgan fingerprint density at radius 1 is 1.19 bits per heavy atom. The van der Waals surface area contributed by atoms with Crippen LogP contribution in [0.1, 0.15) is 38.7 Å². The third kappa shape index (κ3) is 6.70. The van der Waals surface area contributed by atoms with Gasteiger partial charge in [0, 0.05) is 26.7 Å². The first kappa shape index (κ1) is 23.6. The Morgan fingerprint density at radius 2 is 1.97 bits per heavy atom. The molecule has 3 nitrogen and oxygen atoms in total. The first-order valence-electron chi connectivity index (χ1n) is 11.4. The SMILES string of the molecule is CC(C)(Cc1ccc2ccccc2c1)NC[C@@H](O)COC(C1=CCC(CI)S1)C1CC1. The van der Waals surface area contributed by atoms with Crippen LogP contribution in [0.25, 0.3) is 10.8 Å². The third-order valence-electron chi connectivity index (χ3n) is 6.13. The molecule has 1 heterocycles. The van der Waals surface area contributed by atoms with Crippen LogP contribution < -0.4 is 5.32 Å². The normalized spacial score (nSPS) is 21.3. The summed E-state index contributed by atoms with van der Waals surface area (Å²) >= 11 is 4.46. The van der Waals surface area contributed by atoms with Crippen LogP contribution in [0.2, 0.25) is 0 Å². The average molecular weight is 552 g/mol. The number of alkyl halides is 1. The highest BCUT2D eigenvalue weighted by molar-refractivity contribution is 14.1. The van der Waals surface area contributed by atoms with E-state index in [2.05, 4.69) is 90.3 Å². The van der Waals surface area contributed by atoms with Crippen LogP contribution in [0.3, 0.4) is 0 Å². The standard InChI is InChI=1S/C26H34INO2S/c1-26(2,14-18-7-8-19-5-3-4-6-21(19)13-18)28-16-22(29)17-30-25(20-9-10-20)24-12-11-23(15-27)31-24/h3-8,12-13,20,22-23,25,28-29H,9-11,14-17H2,1-2H3/t22-,23?,25?/m1/s1. The molecule has 1 aliphatic heterocycles. The fourth-order valence-corrected chi connectivity index (χ4v) is 6.38. The Morgan fingerprint density at radius 3 is 2.68 bits per heavy atom. The number of fused-ring (bicyclic) bond motifs is 1. The van der Waals surface area contributed by atoms with Crippen LogP contribution in [0, 0.1) is 5.92 Å². The maximum absolute atomic E-state index is 10.6. The Balaban J connectivity index is 1.25. The molecule has 2 aromatic carbocycles. The predicted octanol–water partition coefficient (Wildman–Crippen LogP) is 5.73. The van der Waals surface area contributed by atoms with Crippen molar-refractivity contribution in [3.8, 4) is 0 Å². The number of allylic oxidation sites excluding steroid dienone is 1. The van der Waals surface area contributed by atoms with Crippen molar-refractivity contribution in [3.05, 3.63) is 59.0 Å². The Hall–Kier alpha value is -0.600. The molecule has 0 radical (unpaired) electrons. The number of nitrogens with one attached hydrogen (secondary N) is 1. The molecule has 2 aliphatic rings. The van der Waals surface area contributed by atoms with E-state index in [4.69, 9.17) is 4.74 Å². The summed E-state index contributed by atoms with van der Waals surface area (Å²) in [6, 6.07) is 15.2. The molecular formula is C26H34INO2S. The topological polar surface area (TPSA) is 41.5 Å². The molecule has 0 aromatic heterocycles. The molecule has 31 heavy (non-hydrogen) atoms. The lowest BCUT2D eigenvalue weighted by molar-refractivity contribution is -0.00121. The highest BCUT2D eigenvalue weighted by atomic mass is 127. The third-order valence-corrected chi connectivity index (χ3v) is 9.16. The minimum Gasteiger partial charge on any atom is -0.389 e. The Bertz CT molecular complexity index is 911. The highest BCUT2D eigenvalue weighted by Gasteiger charge is 2.37. The van der Waals surface area contributed by atoms with Crippen molar-refractivity contribution in [1.29, 1.82) is 0 Å². The number of thioether (sulfide) groups is 1. The van der Waals surface area contributed by atoms with E-state index < -0.39 is 6.10 Å². The van der Waals surface area contributed by atoms with E-state index in [1.54, 1.807) is 0 Å². The molecule has 2 N–H and O–H groups in total. The van der Waals surface area contributed by atoms with Gasteiger partial charge in [0.1, 0.15) is 0 Å². The van der Waals surface area contributed by atoms with E-state index in [0.29, 0.717) is 24.3 Å². The summed E-state index contributed by atoms with van der Waals surface area (Å²) < 4.78 is 7.43. The molecule has 1 aliphatic carbocycles.